The molecule has 0 saturated heterocycles. The summed E-state index contributed by atoms with van der Waals surface area (Å²) < 4.78 is 7.31. The third-order valence-electron chi connectivity index (χ3n) is 4.45. The summed E-state index contributed by atoms with van der Waals surface area (Å²) in [6.45, 7) is 5.57. The van der Waals surface area contributed by atoms with E-state index in [2.05, 4.69) is 42.8 Å². The number of ether oxygens (including phenoxy) is 1. The lowest BCUT2D eigenvalue weighted by molar-refractivity contribution is 0.254. The Bertz CT molecular complexity index is 785. The Morgan fingerprint density at radius 3 is 2.58 bits per heavy atom. The summed E-state index contributed by atoms with van der Waals surface area (Å²) in [7, 11) is 1.69. The van der Waals surface area contributed by atoms with Crippen LogP contribution in [0.15, 0.2) is 55.0 Å². The minimum atomic E-state index is 0.832. The molecule has 0 spiro atoms. The van der Waals surface area contributed by atoms with Gasteiger partial charge in [-0.05, 0) is 43.2 Å². The van der Waals surface area contributed by atoms with Crippen LogP contribution in [0.2, 0.25) is 0 Å². The molecule has 26 heavy (non-hydrogen) atoms. The predicted octanol–water partition coefficient (Wildman–Crippen LogP) is 2.74. The van der Waals surface area contributed by atoms with Gasteiger partial charge in [-0.2, -0.15) is 0 Å². The smallest absolute Gasteiger partial charge is 0.129 e. The monoisotopic (exact) mass is 351 g/mol. The van der Waals surface area contributed by atoms with Gasteiger partial charge in [-0.15, -0.1) is 10.2 Å². The van der Waals surface area contributed by atoms with Crippen LogP contribution in [0, 0.1) is 6.92 Å². The van der Waals surface area contributed by atoms with Gasteiger partial charge in [-0.1, -0.05) is 18.2 Å². The first kappa shape index (κ1) is 18.1. The van der Waals surface area contributed by atoms with Gasteiger partial charge in [0.2, 0.25) is 0 Å². The number of benzene rings is 1. The van der Waals surface area contributed by atoms with E-state index in [1.54, 1.807) is 13.4 Å². The van der Waals surface area contributed by atoms with Crippen molar-refractivity contribution >= 4 is 0 Å². The van der Waals surface area contributed by atoms with E-state index in [4.69, 9.17) is 4.74 Å². The van der Waals surface area contributed by atoms with Crippen LogP contribution in [-0.2, 0) is 19.5 Å². The maximum absolute atomic E-state index is 5.23. The number of hydrogen-bond donors (Lipinski definition) is 0. The normalized spacial score (nSPS) is 11.0. The molecule has 0 fully saturated rings. The minimum absolute atomic E-state index is 0.832. The van der Waals surface area contributed by atoms with Crippen molar-refractivity contribution in [2.24, 2.45) is 0 Å². The molecule has 136 valence electrons. The zero-order valence-electron chi connectivity index (χ0n) is 15.4. The summed E-state index contributed by atoms with van der Waals surface area (Å²) in [5.41, 5.74) is 2.39. The van der Waals surface area contributed by atoms with Crippen molar-refractivity contribution in [3.63, 3.8) is 0 Å². The Hall–Kier alpha value is -2.73. The lowest BCUT2D eigenvalue weighted by Crippen LogP contribution is -2.29. The maximum atomic E-state index is 5.23. The number of methoxy groups -OCH3 is 1. The zero-order valence-corrected chi connectivity index (χ0v) is 15.4. The Balaban J connectivity index is 1.62. The van der Waals surface area contributed by atoms with Crippen LogP contribution in [-0.4, -0.2) is 44.8 Å². The molecule has 3 aromatic rings. The lowest BCUT2D eigenvalue weighted by Gasteiger charge is -2.22. The van der Waals surface area contributed by atoms with Gasteiger partial charge in [0.15, 0.2) is 0 Å². The second-order valence-corrected chi connectivity index (χ2v) is 6.27. The fourth-order valence-corrected chi connectivity index (χ4v) is 2.85. The van der Waals surface area contributed by atoms with E-state index in [9.17, 15) is 0 Å². The first-order valence-electron chi connectivity index (χ1n) is 8.84. The second-order valence-electron chi connectivity index (χ2n) is 6.27. The van der Waals surface area contributed by atoms with Crippen molar-refractivity contribution in [1.29, 1.82) is 0 Å². The molecular weight excluding hydrogens is 326 g/mol. The Morgan fingerprint density at radius 1 is 1.08 bits per heavy atom. The molecule has 0 saturated carbocycles. The third kappa shape index (κ3) is 5.13. The van der Waals surface area contributed by atoms with E-state index in [0.717, 1.165) is 49.9 Å². The Labute approximate surface area is 154 Å². The van der Waals surface area contributed by atoms with Gasteiger partial charge in [-0.3, -0.25) is 9.88 Å². The molecule has 3 rings (SSSR count). The van der Waals surface area contributed by atoms with Crippen LogP contribution in [0.5, 0.6) is 5.75 Å². The maximum Gasteiger partial charge on any atom is 0.129 e. The highest BCUT2D eigenvalue weighted by Crippen LogP contribution is 2.12. The van der Waals surface area contributed by atoms with Gasteiger partial charge < -0.3 is 9.30 Å². The topological polar surface area (TPSA) is 56.1 Å². The highest BCUT2D eigenvalue weighted by atomic mass is 16.5. The van der Waals surface area contributed by atoms with Crippen molar-refractivity contribution in [2.45, 2.75) is 26.4 Å². The predicted molar refractivity (Wildman–Crippen MR) is 101 cm³/mol. The molecule has 1 aromatic carbocycles. The van der Waals surface area contributed by atoms with Crippen molar-refractivity contribution in [3.8, 4) is 5.75 Å². The minimum Gasteiger partial charge on any atom is -0.497 e. The van der Waals surface area contributed by atoms with E-state index >= 15 is 0 Å². The summed E-state index contributed by atoms with van der Waals surface area (Å²) in [5, 5.41) is 8.02. The van der Waals surface area contributed by atoms with Crippen molar-refractivity contribution in [1.82, 2.24) is 24.6 Å². The van der Waals surface area contributed by atoms with Crippen LogP contribution in [0.1, 0.15) is 17.1 Å². The van der Waals surface area contributed by atoms with Crippen molar-refractivity contribution in [3.05, 3.63) is 72.1 Å². The van der Waals surface area contributed by atoms with Crippen LogP contribution in [0.4, 0.5) is 0 Å². The van der Waals surface area contributed by atoms with Crippen LogP contribution in [0.25, 0.3) is 0 Å². The van der Waals surface area contributed by atoms with Gasteiger partial charge in [0.1, 0.15) is 17.9 Å². The number of aryl methyl sites for hydroxylation is 1. The molecule has 0 N–H and O–H groups in total. The van der Waals surface area contributed by atoms with Gasteiger partial charge in [0.25, 0.3) is 0 Å². The van der Waals surface area contributed by atoms with Crippen LogP contribution in [0.3, 0.4) is 0 Å². The number of aromatic nitrogens is 4. The number of rotatable bonds is 9. The molecule has 0 bridgehead atoms. The molecule has 0 aliphatic heterocycles. The van der Waals surface area contributed by atoms with E-state index < -0.39 is 0 Å². The number of nitrogens with zero attached hydrogens (tertiary/aromatic N) is 5. The van der Waals surface area contributed by atoms with Gasteiger partial charge >= 0.3 is 0 Å². The SMILES string of the molecule is COc1ccc(CCN(CCn2cnnc2C)Cc2ccccn2)cc1. The molecule has 2 heterocycles. The summed E-state index contributed by atoms with van der Waals surface area (Å²) in [6.07, 6.45) is 4.62. The third-order valence-corrected chi connectivity index (χ3v) is 4.45. The molecule has 0 aliphatic rings. The summed E-state index contributed by atoms with van der Waals surface area (Å²) in [6, 6.07) is 14.3. The molecule has 0 amide bonds. The van der Waals surface area contributed by atoms with E-state index in [0.29, 0.717) is 0 Å². The largest absolute Gasteiger partial charge is 0.497 e. The average Bonchev–Trinajstić information content (AvgIpc) is 3.10. The van der Waals surface area contributed by atoms with E-state index in [1.807, 2.05) is 37.4 Å². The molecule has 0 aliphatic carbocycles. The number of hydrogen-bond acceptors (Lipinski definition) is 5. The van der Waals surface area contributed by atoms with Gasteiger partial charge in [0.05, 0.1) is 12.8 Å². The lowest BCUT2D eigenvalue weighted by atomic mass is 10.1. The van der Waals surface area contributed by atoms with Gasteiger partial charge in [-0.25, -0.2) is 0 Å². The van der Waals surface area contributed by atoms with Crippen LogP contribution < -0.4 is 4.74 Å². The molecule has 0 radical (unpaired) electrons. The molecule has 2 aromatic heterocycles. The standard InChI is InChI=1S/C20H25N5O/c1-17-23-22-16-25(17)14-13-24(15-19-5-3-4-11-21-19)12-10-18-6-8-20(26-2)9-7-18/h3-9,11,16H,10,12-15H2,1-2H3. The van der Waals surface area contributed by atoms with Crippen LogP contribution >= 0.6 is 0 Å². The van der Waals surface area contributed by atoms with Crippen molar-refractivity contribution < 1.29 is 4.74 Å². The molecule has 0 atom stereocenters. The highest BCUT2D eigenvalue weighted by molar-refractivity contribution is 5.27. The fraction of sp³-hybridized carbons (Fsp3) is 0.350. The first-order chi connectivity index (χ1) is 12.7. The molecule has 0 unspecified atom stereocenters. The Kier molecular flexibility index (Phi) is 6.33. The summed E-state index contributed by atoms with van der Waals surface area (Å²) >= 11 is 0. The molecule has 6 heteroatoms. The molecular formula is C20H25N5O. The van der Waals surface area contributed by atoms with Gasteiger partial charge in [0, 0.05) is 32.4 Å². The Morgan fingerprint density at radius 2 is 1.92 bits per heavy atom. The first-order valence-corrected chi connectivity index (χ1v) is 8.84. The summed E-state index contributed by atoms with van der Waals surface area (Å²) in [4.78, 5) is 6.89. The fourth-order valence-electron chi connectivity index (χ4n) is 2.85. The zero-order chi connectivity index (χ0) is 18.2. The highest BCUT2D eigenvalue weighted by Gasteiger charge is 2.09. The summed E-state index contributed by atoms with van der Waals surface area (Å²) in [5.74, 6) is 1.83. The quantitative estimate of drug-likeness (QED) is 0.593. The molecule has 6 nitrogen and oxygen atoms in total. The van der Waals surface area contributed by atoms with E-state index in [-0.39, 0.29) is 0 Å². The van der Waals surface area contributed by atoms with E-state index in [1.165, 1.54) is 5.56 Å². The van der Waals surface area contributed by atoms with Crippen molar-refractivity contribution in [2.75, 3.05) is 20.2 Å². The second kappa shape index (κ2) is 9.10. The average molecular weight is 351 g/mol. The number of pyridine rings is 1.